The first kappa shape index (κ1) is 13.4. The number of methoxy groups -OCH3 is 1. The lowest BCUT2D eigenvalue weighted by atomic mass is 10.2. The number of carbonyl (C=O) groups is 1. The number of benzene rings is 1. The van der Waals surface area contributed by atoms with Gasteiger partial charge in [-0.15, -0.1) is 11.3 Å². The van der Waals surface area contributed by atoms with Crippen molar-refractivity contribution >= 4 is 50.5 Å². The molecule has 0 spiro atoms. The van der Waals surface area contributed by atoms with Crippen molar-refractivity contribution in [1.82, 2.24) is 0 Å². The SMILES string of the molecule is COc1ccc(Cl)c(NC(=O)c2csc(Br)c2)c1. The van der Waals surface area contributed by atoms with E-state index in [1.54, 1.807) is 36.8 Å². The van der Waals surface area contributed by atoms with E-state index in [9.17, 15) is 4.79 Å². The lowest BCUT2D eigenvalue weighted by Crippen LogP contribution is -2.11. The molecule has 1 amide bonds. The molecule has 1 aromatic heterocycles. The summed E-state index contributed by atoms with van der Waals surface area (Å²) in [5.41, 5.74) is 1.12. The van der Waals surface area contributed by atoms with Crippen molar-refractivity contribution in [3.8, 4) is 5.75 Å². The maximum absolute atomic E-state index is 12.0. The van der Waals surface area contributed by atoms with Gasteiger partial charge in [-0.3, -0.25) is 4.79 Å². The first-order chi connectivity index (χ1) is 8.60. The van der Waals surface area contributed by atoms with Gasteiger partial charge >= 0.3 is 0 Å². The summed E-state index contributed by atoms with van der Waals surface area (Å²) in [5, 5.41) is 4.99. The van der Waals surface area contributed by atoms with Gasteiger partial charge in [-0.1, -0.05) is 11.6 Å². The maximum atomic E-state index is 12.0. The van der Waals surface area contributed by atoms with Crippen molar-refractivity contribution in [2.24, 2.45) is 0 Å². The molecule has 3 nitrogen and oxygen atoms in total. The highest BCUT2D eigenvalue weighted by atomic mass is 79.9. The van der Waals surface area contributed by atoms with Gasteiger partial charge in [-0.25, -0.2) is 0 Å². The van der Waals surface area contributed by atoms with Gasteiger partial charge in [0.1, 0.15) is 5.75 Å². The number of hydrogen-bond donors (Lipinski definition) is 1. The van der Waals surface area contributed by atoms with Crippen LogP contribution in [0.25, 0.3) is 0 Å². The molecular weight excluding hydrogens is 338 g/mol. The number of thiophene rings is 1. The summed E-state index contributed by atoms with van der Waals surface area (Å²) in [4.78, 5) is 12.0. The van der Waals surface area contributed by atoms with Crippen LogP contribution in [0, 0.1) is 0 Å². The molecule has 0 atom stereocenters. The highest BCUT2D eigenvalue weighted by Crippen LogP contribution is 2.28. The number of ether oxygens (including phenoxy) is 1. The molecule has 0 saturated heterocycles. The summed E-state index contributed by atoms with van der Waals surface area (Å²) in [6.07, 6.45) is 0. The van der Waals surface area contributed by atoms with E-state index in [-0.39, 0.29) is 5.91 Å². The van der Waals surface area contributed by atoms with Crippen LogP contribution in [0.1, 0.15) is 10.4 Å². The van der Waals surface area contributed by atoms with Crippen molar-refractivity contribution < 1.29 is 9.53 Å². The standard InChI is InChI=1S/C12H9BrClNO2S/c1-17-8-2-3-9(14)10(5-8)15-12(16)7-4-11(13)18-6-7/h2-6H,1H3,(H,15,16). The molecule has 0 bridgehead atoms. The molecule has 18 heavy (non-hydrogen) atoms. The van der Waals surface area contributed by atoms with Gasteiger partial charge in [-0.2, -0.15) is 0 Å². The van der Waals surface area contributed by atoms with Gasteiger partial charge in [0.15, 0.2) is 0 Å². The first-order valence-corrected chi connectivity index (χ1v) is 7.04. The fraction of sp³-hybridized carbons (Fsp3) is 0.0833. The molecule has 0 radical (unpaired) electrons. The molecule has 2 aromatic rings. The Balaban J connectivity index is 2.21. The van der Waals surface area contributed by atoms with Gasteiger partial charge in [0.25, 0.3) is 5.91 Å². The normalized spacial score (nSPS) is 10.2. The predicted molar refractivity (Wildman–Crippen MR) is 78.0 cm³/mol. The van der Waals surface area contributed by atoms with Crippen LogP contribution in [-0.4, -0.2) is 13.0 Å². The third-order valence-electron chi connectivity index (χ3n) is 2.25. The highest BCUT2D eigenvalue weighted by molar-refractivity contribution is 9.11. The van der Waals surface area contributed by atoms with E-state index in [2.05, 4.69) is 21.2 Å². The molecule has 6 heteroatoms. The number of anilines is 1. The van der Waals surface area contributed by atoms with Gasteiger partial charge in [0, 0.05) is 11.4 Å². The van der Waals surface area contributed by atoms with Crippen molar-refractivity contribution in [2.45, 2.75) is 0 Å². The van der Waals surface area contributed by atoms with E-state index in [0.29, 0.717) is 22.0 Å². The Bertz CT molecular complexity index is 585. The summed E-state index contributed by atoms with van der Waals surface area (Å²) in [6, 6.07) is 6.86. The van der Waals surface area contributed by atoms with E-state index in [1.165, 1.54) is 11.3 Å². The smallest absolute Gasteiger partial charge is 0.256 e. The second kappa shape index (κ2) is 5.73. The average Bonchev–Trinajstić information content (AvgIpc) is 2.79. The number of halogens is 2. The van der Waals surface area contributed by atoms with Crippen LogP contribution in [0.15, 0.2) is 33.4 Å². The lowest BCUT2D eigenvalue weighted by molar-refractivity contribution is 0.102. The average molecular weight is 347 g/mol. The first-order valence-electron chi connectivity index (χ1n) is 4.99. The molecule has 0 fully saturated rings. The molecule has 0 unspecified atom stereocenters. The Kier molecular flexibility index (Phi) is 4.27. The van der Waals surface area contributed by atoms with Crippen molar-refractivity contribution in [3.63, 3.8) is 0 Å². The Morgan fingerprint density at radius 3 is 2.83 bits per heavy atom. The summed E-state index contributed by atoms with van der Waals surface area (Å²) in [7, 11) is 1.56. The Labute approximate surface area is 122 Å². The lowest BCUT2D eigenvalue weighted by Gasteiger charge is -2.08. The van der Waals surface area contributed by atoms with Crippen molar-refractivity contribution in [2.75, 3.05) is 12.4 Å². The summed E-state index contributed by atoms with van der Waals surface area (Å²) >= 11 is 10.8. The fourth-order valence-corrected chi connectivity index (χ4v) is 2.65. The van der Waals surface area contributed by atoms with Gasteiger partial charge in [-0.05, 0) is 34.1 Å². The van der Waals surface area contributed by atoms with Crippen LogP contribution in [0.2, 0.25) is 5.02 Å². The second-order valence-electron chi connectivity index (χ2n) is 3.44. The number of amides is 1. The van der Waals surface area contributed by atoms with Crippen LogP contribution in [-0.2, 0) is 0 Å². The highest BCUT2D eigenvalue weighted by Gasteiger charge is 2.11. The molecular formula is C12H9BrClNO2S. The number of rotatable bonds is 3. The Morgan fingerprint density at radius 2 is 2.22 bits per heavy atom. The quantitative estimate of drug-likeness (QED) is 0.893. The number of nitrogens with one attached hydrogen (secondary N) is 1. The molecule has 2 rings (SSSR count). The third kappa shape index (κ3) is 3.04. The van der Waals surface area contributed by atoms with E-state index in [4.69, 9.17) is 16.3 Å². The molecule has 0 aliphatic rings. The second-order valence-corrected chi connectivity index (χ2v) is 6.14. The maximum Gasteiger partial charge on any atom is 0.256 e. The largest absolute Gasteiger partial charge is 0.497 e. The van der Waals surface area contributed by atoms with Crippen LogP contribution >= 0.6 is 38.9 Å². The molecule has 1 heterocycles. The van der Waals surface area contributed by atoms with Gasteiger partial charge < -0.3 is 10.1 Å². The summed E-state index contributed by atoms with van der Waals surface area (Å²) in [6.45, 7) is 0. The van der Waals surface area contributed by atoms with Crippen molar-refractivity contribution in [3.05, 3.63) is 44.0 Å². The van der Waals surface area contributed by atoms with Gasteiger partial charge in [0.2, 0.25) is 0 Å². The molecule has 1 N–H and O–H groups in total. The Hall–Kier alpha value is -1.04. The van der Waals surface area contributed by atoms with Crippen LogP contribution in [0.3, 0.4) is 0 Å². The number of carbonyl (C=O) groups excluding carboxylic acids is 1. The molecule has 1 aromatic carbocycles. The van der Waals surface area contributed by atoms with Crippen molar-refractivity contribution in [1.29, 1.82) is 0 Å². The minimum absolute atomic E-state index is 0.202. The summed E-state index contributed by atoms with van der Waals surface area (Å²) in [5.74, 6) is 0.438. The molecule has 0 aliphatic carbocycles. The van der Waals surface area contributed by atoms with Crippen LogP contribution in [0.5, 0.6) is 5.75 Å². The minimum Gasteiger partial charge on any atom is -0.497 e. The van der Waals surface area contributed by atoms with E-state index < -0.39 is 0 Å². The topological polar surface area (TPSA) is 38.3 Å². The zero-order chi connectivity index (χ0) is 13.1. The van der Waals surface area contributed by atoms with E-state index in [0.717, 1.165) is 3.79 Å². The van der Waals surface area contributed by atoms with Crippen LogP contribution < -0.4 is 10.1 Å². The predicted octanol–water partition coefficient (Wildman–Crippen LogP) is 4.42. The monoisotopic (exact) mass is 345 g/mol. The zero-order valence-electron chi connectivity index (χ0n) is 9.37. The summed E-state index contributed by atoms with van der Waals surface area (Å²) < 4.78 is 5.99. The molecule has 94 valence electrons. The molecule has 0 saturated carbocycles. The zero-order valence-corrected chi connectivity index (χ0v) is 12.5. The molecule has 0 aliphatic heterocycles. The van der Waals surface area contributed by atoms with E-state index in [1.807, 2.05) is 0 Å². The van der Waals surface area contributed by atoms with E-state index >= 15 is 0 Å². The fourth-order valence-electron chi connectivity index (χ4n) is 1.35. The minimum atomic E-state index is -0.202. The Morgan fingerprint density at radius 1 is 1.44 bits per heavy atom. The van der Waals surface area contributed by atoms with Crippen LogP contribution in [0.4, 0.5) is 5.69 Å². The third-order valence-corrected chi connectivity index (χ3v) is 4.09. The van der Waals surface area contributed by atoms with Gasteiger partial charge in [0.05, 0.1) is 27.2 Å². The number of hydrogen-bond acceptors (Lipinski definition) is 3.